The summed E-state index contributed by atoms with van der Waals surface area (Å²) in [4.78, 5) is 15.5. The molecule has 0 radical (unpaired) electrons. The van der Waals surface area contributed by atoms with E-state index in [0.717, 1.165) is 27.1 Å². The second-order valence-corrected chi connectivity index (χ2v) is 15.5. The molecule has 0 aliphatic heterocycles. The zero-order chi connectivity index (χ0) is 35.3. The van der Waals surface area contributed by atoms with Gasteiger partial charge in [-0.15, -0.1) is 11.3 Å². The third-order valence-corrected chi connectivity index (χ3v) is 12.2. The summed E-state index contributed by atoms with van der Waals surface area (Å²) >= 11 is 1.80. The van der Waals surface area contributed by atoms with Crippen LogP contribution >= 0.6 is 11.3 Å². The molecular formula is C48H32N4S. The lowest BCUT2D eigenvalue weighted by Crippen LogP contribution is -2.15. The molecule has 0 fully saturated rings. The van der Waals surface area contributed by atoms with Crippen molar-refractivity contribution in [1.29, 1.82) is 0 Å². The minimum absolute atomic E-state index is 0.147. The molecule has 53 heavy (non-hydrogen) atoms. The first-order valence-electron chi connectivity index (χ1n) is 18.0. The molecule has 0 spiro atoms. The first-order chi connectivity index (χ1) is 26.0. The molecular weight excluding hydrogens is 665 g/mol. The van der Waals surface area contributed by atoms with Crippen LogP contribution in [0.4, 0.5) is 0 Å². The normalized spacial score (nSPS) is 13.2. The summed E-state index contributed by atoms with van der Waals surface area (Å²) in [6, 6.07) is 56.2. The number of hydrogen-bond donors (Lipinski definition) is 0. The van der Waals surface area contributed by atoms with Crippen LogP contribution in [0.3, 0.4) is 0 Å². The monoisotopic (exact) mass is 696 g/mol. The summed E-state index contributed by atoms with van der Waals surface area (Å²) in [6.45, 7) is 4.75. The van der Waals surface area contributed by atoms with E-state index in [1.165, 1.54) is 59.5 Å². The number of nitrogens with zero attached hydrogens (tertiary/aromatic N) is 4. The predicted molar refractivity (Wildman–Crippen MR) is 221 cm³/mol. The Morgan fingerprint density at radius 3 is 1.87 bits per heavy atom. The Balaban J connectivity index is 1.24. The Morgan fingerprint density at radius 1 is 0.491 bits per heavy atom. The largest absolute Gasteiger partial charge is 0.309 e. The molecule has 250 valence electrons. The van der Waals surface area contributed by atoms with E-state index in [4.69, 9.17) is 15.0 Å². The van der Waals surface area contributed by atoms with Crippen LogP contribution in [0.1, 0.15) is 25.0 Å². The number of rotatable bonds is 4. The second-order valence-electron chi connectivity index (χ2n) is 14.4. The van der Waals surface area contributed by atoms with E-state index in [9.17, 15) is 0 Å². The van der Waals surface area contributed by atoms with Crippen LogP contribution in [0.25, 0.3) is 93.0 Å². The van der Waals surface area contributed by atoms with Crippen molar-refractivity contribution in [3.63, 3.8) is 0 Å². The zero-order valence-electron chi connectivity index (χ0n) is 29.2. The highest BCUT2D eigenvalue weighted by molar-refractivity contribution is 7.26. The summed E-state index contributed by atoms with van der Waals surface area (Å²) in [6.07, 6.45) is 0. The van der Waals surface area contributed by atoms with Gasteiger partial charge in [0.25, 0.3) is 0 Å². The molecule has 10 aromatic rings. The van der Waals surface area contributed by atoms with Gasteiger partial charge >= 0.3 is 0 Å². The van der Waals surface area contributed by atoms with Crippen LogP contribution in [0, 0.1) is 0 Å². The van der Waals surface area contributed by atoms with E-state index in [-0.39, 0.29) is 5.41 Å². The Hall–Kier alpha value is -6.43. The van der Waals surface area contributed by atoms with E-state index in [1.54, 1.807) is 11.3 Å². The number of hydrogen-bond acceptors (Lipinski definition) is 4. The maximum absolute atomic E-state index is 5.23. The van der Waals surface area contributed by atoms with Crippen molar-refractivity contribution in [1.82, 2.24) is 19.5 Å². The molecule has 0 saturated heterocycles. The average molecular weight is 697 g/mol. The molecule has 1 aliphatic rings. The zero-order valence-corrected chi connectivity index (χ0v) is 30.0. The predicted octanol–water partition coefficient (Wildman–Crippen LogP) is 12.6. The molecule has 5 heteroatoms. The van der Waals surface area contributed by atoms with Crippen LogP contribution in [0.5, 0.6) is 0 Å². The summed E-state index contributed by atoms with van der Waals surface area (Å²) in [5, 5.41) is 5.00. The smallest absolute Gasteiger partial charge is 0.165 e. The van der Waals surface area contributed by atoms with Crippen LogP contribution < -0.4 is 0 Å². The number of benzene rings is 7. The van der Waals surface area contributed by atoms with Crippen molar-refractivity contribution >= 4 is 53.3 Å². The molecule has 3 heterocycles. The van der Waals surface area contributed by atoms with Gasteiger partial charge in [0.2, 0.25) is 0 Å². The lowest BCUT2D eigenvalue weighted by Gasteiger charge is -2.22. The van der Waals surface area contributed by atoms with Crippen molar-refractivity contribution in [3.8, 4) is 51.0 Å². The van der Waals surface area contributed by atoms with Gasteiger partial charge in [-0.2, -0.15) is 0 Å². The minimum atomic E-state index is -0.147. The lowest BCUT2D eigenvalue weighted by molar-refractivity contribution is 0.666. The summed E-state index contributed by atoms with van der Waals surface area (Å²) in [5.41, 5.74) is 11.6. The molecule has 0 saturated carbocycles. The van der Waals surface area contributed by atoms with E-state index < -0.39 is 0 Å². The number of aromatic nitrogens is 4. The van der Waals surface area contributed by atoms with Gasteiger partial charge < -0.3 is 4.57 Å². The third-order valence-electron chi connectivity index (χ3n) is 11.0. The van der Waals surface area contributed by atoms with Crippen molar-refractivity contribution in [3.05, 3.63) is 169 Å². The fourth-order valence-electron chi connectivity index (χ4n) is 8.65. The highest BCUT2D eigenvalue weighted by Crippen LogP contribution is 2.53. The fraction of sp³-hybridized carbons (Fsp3) is 0.0625. The average Bonchev–Trinajstić information content (AvgIpc) is 3.83. The number of fused-ring (bicyclic) bond motifs is 10. The van der Waals surface area contributed by atoms with Gasteiger partial charge in [-0.05, 0) is 52.6 Å². The Labute approximate surface area is 310 Å². The summed E-state index contributed by atoms with van der Waals surface area (Å²) in [5.74, 6) is 1.97. The van der Waals surface area contributed by atoms with Crippen molar-refractivity contribution in [2.75, 3.05) is 0 Å². The molecule has 0 atom stereocenters. The quantitative estimate of drug-likeness (QED) is 0.184. The van der Waals surface area contributed by atoms with E-state index in [1.807, 2.05) is 36.4 Å². The SMILES string of the molecule is CC1(C)c2ccccc2-c2ccc3c(c21)c1ccccc1n3-c1cc(-c2nc(-c3ccccc3)nc(-c3ccccc3)n2)c2sc3ccccc3c2c1. The van der Waals surface area contributed by atoms with Crippen LogP contribution in [-0.4, -0.2) is 19.5 Å². The molecule has 11 rings (SSSR count). The minimum Gasteiger partial charge on any atom is -0.309 e. The highest BCUT2D eigenvalue weighted by atomic mass is 32.1. The van der Waals surface area contributed by atoms with E-state index >= 15 is 0 Å². The lowest BCUT2D eigenvalue weighted by atomic mass is 9.80. The first-order valence-corrected chi connectivity index (χ1v) is 18.9. The Morgan fingerprint density at radius 2 is 1.11 bits per heavy atom. The van der Waals surface area contributed by atoms with Gasteiger partial charge in [0.05, 0.1) is 11.0 Å². The Bertz CT molecular complexity index is 3020. The molecule has 0 bridgehead atoms. The molecule has 0 amide bonds. The van der Waals surface area contributed by atoms with Crippen LogP contribution in [0.2, 0.25) is 0 Å². The fourth-order valence-corrected chi connectivity index (χ4v) is 9.84. The van der Waals surface area contributed by atoms with Gasteiger partial charge in [0.15, 0.2) is 17.5 Å². The van der Waals surface area contributed by atoms with Gasteiger partial charge in [-0.1, -0.05) is 141 Å². The first kappa shape index (κ1) is 30.2. The van der Waals surface area contributed by atoms with Crippen LogP contribution in [0.15, 0.2) is 158 Å². The molecule has 1 aliphatic carbocycles. The molecule has 3 aromatic heterocycles. The van der Waals surface area contributed by atoms with Crippen molar-refractivity contribution in [2.24, 2.45) is 0 Å². The molecule has 4 nitrogen and oxygen atoms in total. The highest BCUT2D eigenvalue weighted by Gasteiger charge is 2.38. The van der Waals surface area contributed by atoms with Gasteiger partial charge in [0, 0.05) is 58.7 Å². The standard InChI is InChI=1S/C48H32N4S/c1-48(2)38-22-12-9-19-32(38)34-25-26-40-42(43(34)48)35-21-10-13-23-39(35)52(40)31-27-36-33-20-11-14-24-41(33)53-44(36)37(28-31)47-50-45(29-15-5-3-6-16-29)49-46(51-47)30-17-7-4-8-18-30/h3-28H,1-2H3. The molecule has 0 unspecified atom stereocenters. The van der Waals surface area contributed by atoms with Crippen LogP contribution in [-0.2, 0) is 5.41 Å². The maximum atomic E-state index is 5.23. The maximum Gasteiger partial charge on any atom is 0.165 e. The number of para-hydroxylation sites is 1. The van der Waals surface area contributed by atoms with Crippen molar-refractivity contribution in [2.45, 2.75) is 19.3 Å². The summed E-state index contributed by atoms with van der Waals surface area (Å²) < 4.78 is 4.86. The molecule has 0 N–H and O–H groups in total. The Kier molecular flexibility index (Phi) is 6.43. The van der Waals surface area contributed by atoms with E-state index in [2.05, 4.69) is 140 Å². The second kappa shape index (κ2) is 11.3. The third kappa shape index (κ3) is 4.44. The van der Waals surface area contributed by atoms with Crippen molar-refractivity contribution < 1.29 is 0 Å². The number of thiophene rings is 1. The van der Waals surface area contributed by atoms with E-state index in [0.29, 0.717) is 17.5 Å². The van der Waals surface area contributed by atoms with Gasteiger partial charge in [0.1, 0.15) is 0 Å². The topological polar surface area (TPSA) is 43.6 Å². The van der Waals surface area contributed by atoms with Gasteiger partial charge in [-0.25, -0.2) is 15.0 Å². The molecule has 7 aromatic carbocycles. The van der Waals surface area contributed by atoms with Gasteiger partial charge in [-0.3, -0.25) is 0 Å². The summed E-state index contributed by atoms with van der Waals surface area (Å²) in [7, 11) is 0.